The van der Waals surface area contributed by atoms with Crippen LogP contribution in [0.3, 0.4) is 0 Å². The average Bonchev–Trinajstić information content (AvgIpc) is 3.49. The van der Waals surface area contributed by atoms with E-state index in [9.17, 15) is 40.6 Å². The molecule has 0 aliphatic carbocycles. The molecule has 3 aliphatic heterocycles. The monoisotopic (exact) mass is 645 g/mol. The van der Waals surface area contributed by atoms with Crippen molar-refractivity contribution in [1.82, 2.24) is 0 Å². The van der Waals surface area contributed by atoms with E-state index in [0.717, 1.165) is 0 Å². The maximum Gasteiger partial charge on any atom is 0.282 e. The Balaban J connectivity index is 0.000000289. The summed E-state index contributed by atoms with van der Waals surface area (Å²) in [5.41, 5.74) is 0.493. The molecule has 42 heavy (non-hydrogen) atoms. The van der Waals surface area contributed by atoms with Gasteiger partial charge in [0.15, 0.2) is 0 Å². The first kappa shape index (κ1) is 35.7. The second kappa shape index (κ2) is 15.1. The van der Waals surface area contributed by atoms with Gasteiger partial charge in [0.05, 0.1) is 14.7 Å². The molecule has 0 spiro atoms. The van der Waals surface area contributed by atoms with Crippen molar-refractivity contribution in [1.29, 1.82) is 0 Å². The zero-order chi connectivity index (χ0) is 32.3. The second-order valence-electron chi connectivity index (χ2n) is 7.10. The number of fused-ring (bicyclic) bond motifs is 3. The number of sulfonamides is 3. The van der Waals surface area contributed by atoms with Gasteiger partial charge in [-0.05, 0) is 18.2 Å². The van der Waals surface area contributed by atoms with E-state index in [-0.39, 0.29) is 31.4 Å². The van der Waals surface area contributed by atoms with E-state index < -0.39 is 47.8 Å². The zero-order valence-corrected chi connectivity index (χ0v) is 24.0. The summed E-state index contributed by atoms with van der Waals surface area (Å²) in [6, 6.07) is 18.0. The molecule has 0 saturated carbocycles. The van der Waals surface area contributed by atoms with Gasteiger partial charge in [-0.1, -0.05) is 54.6 Å². The Morgan fingerprint density at radius 2 is 0.619 bits per heavy atom. The van der Waals surface area contributed by atoms with Crippen molar-refractivity contribution in [3.8, 4) is 0 Å². The first-order valence-corrected chi connectivity index (χ1v) is 15.2. The van der Waals surface area contributed by atoms with E-state index in [1.165, 1.54) is 36.4 Å². The number of rotatable bonds is 0. The molecule has 0 amide bonds. The number of nitrogens with two attached hydrogens (primary N) is 3. The van der Waals surface area contributed by atoms with Gasteiger partial charge in [-0.2, -0.15) is 56.0 Å². The Labute approximate surface area is 240 Å². The van der Waals surface area contributed by atoms with Gasteiger partial charge in [-0.3, -0.25) is 17.5 Å². The topological polar surface area (TPSA) is 370 Å². The number of hydrogen-bond acceptors (Lipinski definition) is 12. The molecule has 21 heteroatoms. The van der Waals surface area contributed by atoms with Gasteiger partial charge in [-0.25, -0.2) is 0 Å². The van der Waals surface area contributed by atoms with Gasteiger partial charge in [0.25, 0.3) is 30.1 Å². The fourth-order valence-electron chi connectivity index (χ4n) is 3.23. The average molecular weight is 646 g/mol. The fraction of sp³-hybridized carbons (Fsp3) is 0. The Morgan fingerprint density at radius 3 is 0.810 bits per heavy atom. The van der Waals surface area contributed by atoms with Crippen LogP contribution in [0.1, 0.15) is 16.7 Å². The van der Waals surface area contributed by atoms with Crippen molar-refractivity contribution in [3.05, 3.63) is 89.5 Å². The Bertz CT molecular complexity index is 1610. The molecule has 3 aromatic carbocycles. The summed E-state index contributed by atoms with van der Waals surface area (Å²) in [5, 5.41) is 32.8. The zero-order valence-electron chi connectivity index (χ0n) is 21.5. The van der Waals surface area contributed by atoms with Gasteiger partial charge in [-0.15, -0.1) is 0 Å². The maximum atomic E-state index is 11.1. The second-order valence-corrected chi connectivity index (χ2v) is 11.8. The number of nitrogens with zero attached hydrogens (tertiary/aromatic N) is 3. The van der Waals surface area contributed by atoms with Crippen LogP contribution in [0, 0.1) is 0 Å². The molecular formula is C21H27N9O9S3. The molecule has 3 aliphatic rings. The summed E-state index contributed by atoms with van der Waals surface area (Å²) in [5.74, 6) is 19.0. The van der Waals surface area contributed by atoms with Gasteiger partial charge in [0.1, 0.15) is 0 Å². The predicted molar refractivity (Wildman–Crippen MR) is 142 cm³/mol. The van der Waals surface area contributed by atoms with E-state index in [0.29, 0.717) is 0 Å². The van der Waals surface area contributed by atoms with E-state index in [2.05, 4.69) is 48.2 Å². The molecule has 0 fully saturated rings. The van der Waals surface area contributed by atoms with Crippen LogP contribution in [0.4, 0.5) is 0 Å². The smallest absolute Gasteiger partial charge is 0.282 e. The van der Waals surface area contributed by atoms with Crippen LogP contribution in [0.15, 0.2) is 101 Å². The molecule has 0 bridgehead atoms. The molecule has 0 aromatic heterocycles. The van der Waals surface area contributed by atoms with Crippen molar-refractivity contribution in [3.63, 3.8) is 0 Å². The van der Waals surface area contributed by atoms with Crippen LogP contribution in [-0.2, 0) is 30.1 Å². The molecule has 228 valence electrons. The lowest BCUT2D eigenvalue weighted by Crippen LogP contribution is -2.59. The van der Waals surface area contributed by atoms with Crippen LogP contribution in [0.25, 0.3) is 0 Å². The number of benzene rings is 3. The van der Waals surface area contributed by atoms with Crippen LogP contribution in [0.5, 0.6) is 0 Å². The standard InChI is InChI=1S/3C7H5NO3S.3H4N2/c3*9-7-5-3-1-2-4-6(5)12(10,11)8-7;3*1-2/h3*1-4H,(H,8,9);3*1-2H2. The summed E-state index contributed by atoms with van der Waals surface area (Å²) in [7, 11) is -11.0. The lowest BCUT2D eigenvalue weighted by atomic mass is 10.2. The van der Waals surface area contributed by atoms with Gasteiger partial charge in [0.2, 0.25) is 0 Å². The molecule has 3 heterocycles. The molecule has 6 rings (SSSR count). The maximum absolute atomic E-state index is 11.1. The minimum absolute atomic E-state index is 0.00926. The van der Waals surface area contributed by atoms with Crippen molar-refractivity contribution in [2.24, 2.45) is 30.7 Å². The van der Waals surface area contributed by atoms with Crippen molar-refractivity contribution < 1.29 is 58.1 Å². The van der Waals surface area contributed by atoms with Gasteiger partial charge >= 0.3 is 0 Å². The first-order valence-electron chi connectivity index (χ1n) is 10.9. The molecule has 0 atom stereocenters. The molecule has 0 unspecified atom stereocenters. The van der Waals surface area contributed by atoms with Crippen molar-refractivity contribution in [2.75, 3.05) is 0 Å². The first-order chi connectivity index (χ1) is 19.8. The van der Waals surface area contributed by atoms with Gasteiger partial charge in [0, 0.05) is 34.4 Å². The Hall–Kier alpha value is -4.32. The van der Waals surface area contributed by atoms with Crippen molar-refractivity contribution in [2.45, 2.75) is 14.7 Å². The molecule has 3 aromatic rings. The summed E-state index contributed by atoms with van der Waals surface area (Å²) in [6.45, 7) is 0. The van der Waals surface area contributed by atoms with E-state index in [4.69, 9.17) is 0 Å². The molecule has 15 N–H and O–H groups in total. The van der Waals surface area contributed by atoms with Crippen molar-refractivity contribution >= 4 is 47.8 Å². The SMILES string of the molecule is N[NH3+].N[NH3+].N[NH3+].O=S1(=O)N=C([O-])c2ccccc21.O=S1(=O)N=C([O-])c2ccccc21.O=S1(=O)N=C([O-])c2ccccc21. The summed E-state index contributed by atoms with van der Waals surface area (Å²) < 4.78 is 75.5. The third kappa shape index (κ3) is 7.90. The number of hydrogen-bond donors (Lipinski definition) is 6. The highest BCUT2D eigenvalue weighted by Crippen LogP contribution is 2.25. The normalized spacial score (nSPS) is 16.3. The molecule has 18 nitrogen and oxygen atoms in total. The quantitative estimate of drug-likeness (QED) is 0.0980. The summed E-state index contributed by atoms with van der Waals surface area (Å²) in [4.78, 5) is 0.0278. The highest BCUT2D eigenvalue weighted by molar-refractivity contribution is 7.91. The van der Waals surface area contributed by atoms with E-state index >= 15 is 0 Å². The molecule has 0 radical (unpaired) electrons. The van der Waals surface area contributed by atoms with Gasteiger partial charge < -0.3 is 15.3 Å². The highest BCUT2D eigenvalue weighted by Gasteiger charge is 2.24. The minimum atomic E-state index is -3.68. The fourth-order valence-corrected chi connectivity index (χ4v) is 6.52. The number of quaternary nitrogens is 3. The highest BCUT2D eigenvalue weighted by atomic mass is 32.2. The third-order valence-electron chi connectivity index (χ3n) is 4.80. The van der Waals surface area contributed by atoms with E-state index in [1.807, 2.05) is 0 Å². The molecule has 0 saturated heterocycles. The lowest BCUT2D eigenvalue weighted by molar-refractivity contribution is -0.379. The summed E-state index contributed by atoms with van der Waals surface area (Å²) >= 11 is 0. The van der Waals surface area contributed by atoms with E-state index in [1.54, 1.807) is 36.4 Å². The molecular weight excluding hydrogens is 618 g/mol. The summed E-state index contributed by atoms with van der Waals surface area (Å²) in [6.07, 6.45) is 0. The minimum Gasteiger partial charge on any atom is -0.858 e. The predicted octanol–water partition coefficient (Wildman–Crippen LogP) is -7.21. The van der Waals surface area contributed by atoms with Crippen LogP contribution >= 0.6 is 0 Å². The van der Waals surface area contributed by atoms with Crippen LogP contribution in [-0.4, -0.2) is 42.9 Å². The van der Waals surface area contributed by atoms with Crippen LogP contribution < -0.4 is 50.4 Å². The largest absolute Gasteiger partial charge is 0.858 e. The Morgan fingerprint density at radius 1 is 0.429 bits per heavy atom. The lowest BCUT2D eigenvalue weighted by Gasteiger charge is -2.01. The third-order valence-corrected chi connectivity index (χ3v) is 8.75. The van der Waals surface area contributed by atoms with Crippen LogP contribution in [0.2, 0.25) is 0 Å². The Kier molecular flexibility index (Phi) is 12.8.